The lowest BCUT2D eigenvalue weighted by molar-refractivity contribution is -0.139. The Bertz CT molecular complexity index is 1470. The predicted octanol–water partition coefficient (Wildman–Crippen LogP) is 4.77. The third-order valence-corrected chi connectivity index (χ3v) is 7.74. The van der Waals surface area contributed by atoms with Crippen molar-refractivity contribution >= 4 is 29.1 Å². The average Bonchev–Trinajstić information content (AvgIpc) is 3.19. The number of esters is 1. The molecule has 0 spiro atoms. The van der Waals surface area contributed by atoms with Crippen LogP contribution in [0, 0.1) is 0 Å². The number of thiazole rings is 1. The molecule has 1 aliphatic rings. The summed E-state index contributed by atoms with van der Waals surface area (Å²) in [6.07, 6.45) is 1.90. The maximum absolute atomic E-state index is 13.8. The molecule has 194 valence electrons. The Hall–Kier alpha value is -3.45. The van der Waals surface area contributed by atoms with Crippen molar-refractivity contribution in [1.82, 2.24) is 4.57 Å². The second-order valence-electron chi connectivity index (χ2n) is 9.39. The van der Waals surface area contributed by atoms with E-state index in [1.54, 1.807) is 11.5 Å². The molecule has 0 amide bonds. The number of hydrogen-bond donors (Lipinski definition) is 0. The number of allylic oxidation sites excluding steroid dienone is 1. The Morgan fingerprint density at radius 3 is 2.30 bits per heavy atom. The highest BCUT2D eigenvalue weighted by Crippen LogP contribution is 2.31. The van der Waals surface area contributed by atoms with Crippen LogP contribution >= 0.6 is 11.3 Å². The smallest absolute Gasteiger partial charge is 0.338 e. The van der Waals surface area contributed by atoms with Gasteiger partial charge in [-0.1, -0.05) is 61.6 Å². The zero-order chi connectivity index (χ0) is 26.7. The van der Waals surface area contributed by atoms with Crippen LogP contribution in [0.15, 0.2) is 69.6 Å². The number of anilines is 1. The largest absolute Gasteiger partial charge is 0.463 e. The average molecular weight is 518 g/mol. The summed E-state index contributed by atoms with van der Waals surface area (Å²) in [6.45, 7) is 14.3. The van der Waals surface area contributed by atoms with Crippen molar-refractivity contribution in [1.29, 1.82) is 0 Å². The number of aromatic nitrogens is 1. The molecule has 2 heterocycles. The van der Waals surface area contributed by atoms with E-state index in [4.69, 9.17) is 4.74 Å². The van der Waals surface area contributed by atoms with Crippen LogP contribution in [0.5, 0.6) is 0 Å². The van der Waals surface area contributed by atoms with Crippen LogP contribution in [-0.4, -0.2) is 30.2 Å². The number of carbonyl (C=O) groups excluding carboxylic acids is 1. The first kappa shape index (κ1) is 26.6. The van der Waals surface area contributed by atoms with Gasteiger partial charge in [-0.2, -0.15) is 0 Å². The van der Waals surface area contributed by atoms with Gasteiger partial charge in [0.2, 0.25) is 0 Å². The van der Waals surface area contributed by atoms with Crippen molar-refractivity contribution in [3.05, 3.63) is 96.2 Å². The fraction of sp³-hybridized carbons (Fsp3) is 0.367. The molecule has 0 saturated carbocycles. The minimum atomic E-state index is -0.594. The van der Waals surface area contributed by atoms with Gasteiger partial charge in [-0.15, -0.1) is 0 Å². The standard InChI is InChI=1S/C30H35N3O3S/c1-7-32(8-2)24-16-10-21(11-17-24)18-25-28(34)33-27(23-14-12-22(13-15-23)19(4)5)26(29(35)36-9-3)20(6)31-30(33)37-25/h10-19,27H,7-9H2,1-6H3/b25-18+. The summed E-state index contributed by atoms with van der Waals surface area (Å²) in [4.78, 5) is 34.4. The van der Waals surface area contributed by atoms with Gasteiger partial charge in [0, 0.05) is 18.8 Å². The molecule has 1 aliphatic heterocycles. The normalized spacial score (nSPS) is 15.5. The van der Waals surface area contributed by atoms with Crippen LogP contribution in [0.25, 0.3) is 6.08 Å². The lowest BCUT2D eigenvalue weighted by atomic mass is 9.93. The van der Waals surface area contributed by atoms with E-state index in [-0.39, 0.29) is 12.2 Å². The van der Waals surface area contributed by atoms with Crippen molar-refractivity contribution in [3.63, 3.8) is 0 Å². The van der Waals surface area contributed by atoms with Gasteiger partial charge in [0.1, 0.15) is 0 Å². The fourth-order valence-corrected chi connectivity index (χ4v) is 5.74. The first-order chi connectivity index (χ1) is 17.8. The van der Waals surface area contributed by atoms with Gasteiger partial charge < -0.3 is 9.64 Å². The number of hydrogen-bond acceptors (Lipinski definition) is 6. The Morgan fingerprint density at radius 1 is 1.08 bits per heavy atom. The molecular formula is C30H35N3O3S. The Labute approximate surface area is 222 Å². The second kappa shape index (κ2) is 11.3. The minimum absolute atomic E-state index is 0.163. The predicted molar refractivity (Wildman–Crippen MR) is 151 cm³/mol. The van der Waals surface area contributed by atoms with Crippen molar-refractivity contribution in [3.8, 4) is 0 Å². The van der Waals surface area contributed by atoms with E-state index in [1.165, 1.54) is 16.9 Å². The second-order valence-corrected chi connectivity index (χ2v) is 10.4. The van der Waals surface area contributed by atoms with Gasteiger partial charge in [0.15, 0.2) is 4.80 Å². The van der Waals surface area contributed by atoms with E-state index in [9.17, 15) is 9.59 Å². The molecule has 0 radical (unpaired) electrons. The maximum atomic E-state index is 13.8. The van der Waals surface area contributed by atoms with Crippen molar-refractivity contribution < 1.29 is 9.53 Å². The van der Waals surface area contributed by atoms with Crippen LogP contribution in [0.1, 0.15) is 70.2 Å². The van der Waals surface area contributed by atoms with E-state index in [0.717, 1.165) is 29.9 Å². The van der Waals surface area contributed by atoms with E-state index >= 15 is 0 Å². The van der Waals surface area contributed by atoms with Crippen molar-refractivity contribution in [2.45, 2.75) is 53.5 Å². The molecule has 1 aromatic heterocycles. The molecule has 0 fully saturated rings. The van der Waals surface area contributed by atoms with Gasteiger partial charge in [-0.05, 0) is 68.5 Å². The number of benzene rings is 2. The molecule has 7 heteroatoms. The Balaban J connectivity index is 1.84. The summed E-state index contributed by atoms with van der Waals surface area (Å²) in [5, 5.41) is 0. The molecule has 0 saturated heterocycles. The summed E-state index contributed by atoms with van der Waals surface area (Å²) in [6, 6.07) is 15.8. The molecule has 6 nitrogen and oxygen atoms in total. The van der Waals surface area contributed by atoms with Crippen LogP contribution in [0.3, 0.4) is 0 Å². The molecule has 0 bridgehead atoms. The Kier molecular flexibility index (Phi) is 8.13. The molecule has 1 atom stereocenters. The first-order valence-electron chi connectivity index (χ1n) is 12.9. The summed E-state index contributed by atoms with van der Waals surface area (Å²) in [5.74, 6) is -0.0612. The molecule has 2 aromatic carbocycles. The zero-order valence-electron chi connectivity index (χ0n) is 22.4. The summed E-state index contributed by atoms with van der Waals surface area (Å²) < 4.78 is 7.61. The number of fused-ring (bicyclic) bond motifs is 1. The summed E-state index contributed by atoms with van der Waals surface area (Å²) in [5.41, 5.74) is 4.97. The van der Waals surface area contributed by atoms with Crippen molar-refractivity contribution in [2.75, 3.05) is 24.6 Å². The first-order valence-corrected chi connectivity index (χ1v) is 13.7. The third-order valence-electron chi connectivity index (χ3n) is 6.76. The van der Waals surface area contributed by atoms with Gasteiger partial charge in [0.25, 0.3) is 5.56 Å². The number of nitrogens with zero attached hydrogens (tertiary/aromatic N) is 3. The zero-order valence-corrected chi connectivity index (χ0v) is 23.3. The number of carbonyl (C=O) groups is 1. The SMILES string of the molecule is CCOC(=O)C1=C(C)N=c2s/c(=C/c3ccc(N(CC)CC)cc3)c(=O)n2C1c1ccc(C(C)C)cc1. The van der Waals surface area contributed by atoms with E-state index in [2.05, 4.69) is 61.9 Å². The Morgan fingerprint density at radius 2 is 1.73 bits per heavy atom. The molecule has 3 aromatic rings. The third kappa shape index (κ3) is 5.32. The van der Waals surface area contributed by atoms with Crippen LogP contribution in [0.4, 0.5) is 5.69 Å². The quantitative estimate of drug-likeness (QED) is 0.404. The fourth-order valence-electron chi connectivity index (χ4n) is 4.69. The molecule has 0 aliphatic carbocycles. The van der Waals surface area contributed by atoms with E-state index < -0.39 is 12.0 Å². The minimum Gasteiger partial charge on any atom is -0.463 e. The monoisotopic (exact) mass is 517 g/mol. The highest BCUT2D eigenvalue weighted by atomic mass is 32.1. The lowest BCUT2D eigenvalue weighted by Crippen LogP contribution is -2.39. The van der Waals surface area contributed by atoms with Gasteiger partial charge in [-0.25, -0.2) is 9.79 Å². The van der Waals surface area contributed by atoms with Gasteiger partial charge in [0.05, 0.1) is 28.5 Å². The molecular weight excluding hydrogens is 482 g/mol. The number of rotatable bonds is 8. The molecule has 4 rings (SSSR count). The van der Waals surface area contributed by atoms with E-state index in [1.807, 2.05) is 37.3 Å². The highest BCUT2D eigenvalue weighted by Gasteiger charge is 2.33. The topological polar surface area (TPSA) is 63.9 Å². The van der Waals surface area contributed by atoms with Gasteiger partial charge in [-0.3, -0.25) is 9.36 Å². The van der Waals surface area contributed by atoms with Crippen LogP contribution in [-0.2, 0) is 9.53 Å². The van der Waals surface area contributed by atoms with Crippen LogP contribution < -0.4 is 19.8 Å². The molecule has 0 N–H and O–H groups in total. The van der Waals surface area contributed by atoms with E-state index in [0.29, 0.717) is 26.5 Å². The lowest BCUT2D eigenvalue weighted by Gasteiger charge is -2.25. The number of ether oxygens (including phenoxy) is 1. The van der Waals surface area contributed by atoms with Crippen molar-refractivity contribution in [2.24, 2.45) is 4.99 Å². The summed E-state index contributed by atoms with van der Waals surface area (Å²) >= 11 is 1.35. The van der Waals surface area contributed by atoms with Crippen LogP contribution in [0.2, 0.25) is 0 Å². The van der Waals surface area contributed by atoms with Gasteiger partial charge >= 0.3 is 5.97 Å². The highest BCUT2D eigenvalue weighted by molar-refractivity contribution is 7.07. The molecule has 1 unspecified atom stereocenters. The summed E-state index contributed by atoms with van der Waals surface area (Å²) in [7, 11) is 0. The molecule has 37 heavy (non-hydrogen) atoms. The maximum Gasteiger partial charge on any atom is 0.338 e.